The lowest BCUT2D eigenvalue weighted by Crippen LogP contribution is -2.38. The number of rotatable bonds is 5. The van der Waals surface area contributed by atoms with E-state index in [0.717, 1.165) is 5.56 Å². The SMILES string of the molecule is CON=C(Cn1ncc(N2CCOCC2)c(Cl)c1=O)c1ccc(Cl)cc1. The molecule has 1 aliphatic rings. The quantitative estimate of drug-likeness (QED) is 0.573. The zero-order valence-electron chi connectivity index (χ0n) is 14.2. The predicted octanol–water partition coefficient (Wildman–Crippen LogP) is 2.44. The number of morpholine rings is 1. The first-order valence-electron chi connectivity index (χ1n) is 8.04. The lowest BCUT2D eigenvalue weighted by atomic mass is 10.1. The number of aromatic nitrogens is 2. The number of halogens is 2. The molecular weight excluding hydrogens is 379 g/mol. The van der Waals surface area contributed by atoms with Gasteiger partial charge in [-0.1, -0.05) is 40.5 Å². The largest absolute Gasteiger partial charge is 0.399 e. The summed E-state index contributed by atoms with van der Waals surface area (Å²) >= 11 is 12.2. The first kappa shape index (κ1) is 18.7. The van der Waals surface area contributed by atoms with Crippen molar-refractivity contribution < 1.29 is 9.57 Å². The fourth-order valence-corrected chi connectivity index (χ4v) is 3.05. The Kier molecular flexibility index (Phi) is 6.13. The highest BCUT2D eigenvalue weighted by Gasteiger charge is 2.19. The molecule has 0 bridgehead atoms. The molecule has 1 aliphatic heterocycles. The van der Waals surface area contributed by atoms with Gasteiger partial charge >= 0.3 is 0 Å². The van der Waals surface area contributed by atoms with Gasteiger partial charge in [0.25, 0.3) is 5.56 Å². The summed E-state index contributed by atoms with van der Waals surface area (Å²) < 4.78 is 6.59. The summed E-state index contributed by atoms with van der Waals surface area (Å²) in [4.78, 5) is 19.6. The van der Waals surface area contributed by atoms with Crippen molar-refractivity contribution in [2.24, 2.45) is 5.16 Å². The summed E-state index contributed by atoms with van der Waals surface area (Å²) in [7, 11) is 1.45. The Balaban J connectivity index is 1.88. The number of nitrogens with zero attached hydrogens (tertiary/aromatic N) is 4. The van der Waals surface area contributed by atoms with Crippen LogP contribution in [0.15, 0.2) is 40.4 Å². The van der Waals surface area contributed by atoms with Crippen molar-refractivity contribution >= 4 is 34.6 Å². The van der Waals surface area contributed by atoms with Gasteiger partial charge in [-0.3, -0.25) is 4.79 Å². The fourth-order valence-electron chi connectivity index (χ4n) is 2.66. The number of anilines is 1. The molecule has 1 aromatic carbocycles. The molecule has 7 nitrogen and oxygen atoms in total. The van der Waals surface area contributed by atoms with Crippen LogP contribution in [0.5, 0.6) is 0 Å². The molecule has 0 N–H and O–H groups in total. The molecular formula is C17H18Cl2N4O3. The molecule has 0 spiro atoms. The van der Waals surface area contributed by atoms with Crippen molar-refractivity contribution in [1.29, 1.82) is 0 Å². The summed E-state index contributed by atoms with van der Waals surface area (Å²) in [6.07, 6.45) is 1.60. The fraction of sp³-hybridized carbons (Fsp3) is 0.353. The van der Waals surface area contributed by atoms with E-state index >= 15 is 0 Å². The molecule has 1 aromatic heterocycles. The third-order valence-corrected chi connectivity index (χ3v) is 4.60. The normalized spacial score (nSPS) is 15.2. The zero-order chi connectivity index (χ0) is 18.5. The maximum atomic E-state index is 12.7. The van der Waals surface area contributed by atoms with E-state index in [0.29, 0.717) is 42.7 Å². The minimum Gasteiger partial charge on any atom is -0.399 e. The van der Waals surface area contributed by atoms with Gasteiger partial charge in [-0.2, -0.15) is 5.10 Å². The predicted molar refractivity (Wildman–Crippen MR) is 102 cm³/mol. The molecule has 0 saturated carbocycles. The number of oxime groups is 1. The molecule has 1 fully saturated rings. The van der Waals surface area contributed by atoms with E-state index in [9.17, 15) is 4.79 Å². The molecule has 0 aliphatic carbocycles. The Morgan fingerprint density at radius 2 is 1.96 bits per heavy atom. The number of hydrogen-bond acceptors (Lipinski definition) is 6. The Bertz CT molecular complexity index is 846. The molecule has 2 heterocycles. The molecule has 0 amide bonds. The van der Waals surface area contributed by atoms with E-state index in [1.54, 1.807) is 30.5 Å². The topological polar surface area (TPSA) is 68.9 Å². The third kappa shape index (κ3) is 4.17. The van der Waals surface area contributed by atoms with E-state index in [-0.39, 0.29) is 17.1 Å². The smallest absolute Gasteiger partial charge is 0.288 e. The zero-order valence-corrected chi connectivity index (χ0v) is 15.7. The maximum Gasteiger partial charge on any atom is 0.288 e. The Labute approximate surface area is 160 Å². The second-order valence-electron chi connectivity index (χ2n) is 5.63. The van der Waals surface area contributed by atoms with Gasteiger partial charge in [-0.25, -0.2) is 4.68 Å². The van der Waals surface area contributed by atoms with Gasteiger partial charge in [-0.15, -0.1) is 0 Å². The average Bonchev–Trinajstić information content (AvgIpc) is 2.66. The minimum absolute atomic E-state index is 0.122. The average molecular weight is 397 g/mol. The lowest BCUT2D eigenvalue weighted by molar-refractivity contribution is 0.122. The lowest BCUT2D eigenvalue weighted by Gasteiger charge is -2.29. The number of ether oxygens (including phenoxy) is 1. The van der Waals surface area contributed by atoms with Crippen LogP contribution in [0.3, 0.4) is 0 Å². The van der Waals surface area contributed by atoms with E-state index in [2.05, 4.69) is 10.3 Å². The Hall–Kier alpha value is -2.09. The van der Waals surface area contributed by atoms with Crippen LogP contribution in [0.4, 0.5) is 5.69 Å². The van der Waals surface area contributed by atoms with Crippen molar-refractivity contribution in [3.63, 3.8) is 0 Å². The molecule has 3 rings (SSSR count). The summed E-state index contributed by atoms with van der Waals surface area (Å²) in [5.74, 6) is 0. The number of benzene rings is 1. The van der Waals surface area contributed by atoms with Crippen LogP contribution >= 0.6 is 23.2 Å². The molecule has 2 aromatic rings. The molecule has 0 atom stereocenters. The second-order valence-corrected chi connectivity index (χ2v) is 6.45. The van der Waals surface area contributed by atoms with E-state index < -0.39 is 0 Å². The minimum atomic E-state index is -0.381. The highest BCUT2D eigenvalue weighted by molar-refractivity contribution is 6.33. The summed E-state index contributed by atoms with van der Waals surface area (Å²) in [6.45, 7) is 2.66. The Morgan fingerprint density at radius 3 is 2.62 bits per heavy atom. The highest BCUT2D eigenvalue weighted by atomic mass is 35.5. The maximum absolute atomic E-state index is 12.7. The molecule has 26 heavy (non-hydrogen) atoms. The van der Waals surface area contributed by atoms with E-state index in [4.69, 9.17) is 32.8 Å². The summed E-state index contributed by atoms with van der Waals surface area (Å²) in [5.41, 5.74) is 1.55. The number of hydrogen-bond donors (Lipinski definition) is 0. The standard InChI is InChI=1S/C17H18Cl2N4O3/c1-25-21-14(12-2-4-13(18)5-3-12)11-23-17(24)16(19)15(10-20-23)22-6-8-26-9-7-22/h2-5,10H,6-9,11H2,1H3. The van der Waals surface area contributed by atoms with Gasteiger partial charge in [0.15, 0.2) is 0 Å². The Morgan fingerprint density at radius 1 is 1.27 bits per heavy atom. The molecule has 9 heteroatoms. The van der Waals surface area contributed by atoms with Crippen LogP contribution in [0.1, 0.15) is 5.56 Å². The van der Waals surface area contributed by atoms with Crippen LogP contribution in [-0.4, -0.2) is 48.9 Å². The third-order valence-electron chi connectivity index (χ3n) is 4.00. The van der Waals surface area contributed by atoms with Crippen LogP contribution in [-0.2, 0) is 16.1 Å². The first-order chi connectivity index (χ1) is 12.6. The highest BCUT2D eigenvalue weighted by Crippen LogP contribution is 2.22. The van der Waals surface area contributed by atoms with Gasteiger partial charge in [0, 0.05) is 23.7 Å². The van der Waals surface area contributed by atoms with Crippen LogP contribution in [0.2, 0.25) is 10.0 Å². The van der Waals surface area contributed by atoms with Gasteiger partial charge in [-0.05, 0) is 12.1 Å². The van der Waals surface area contributed by atoms with Crippen molar-refractivity contribution in [1.82, 2.24) is 9.78 Å². The summed E-state index contributed by atoms with van der Waals surface area (Å²) in [5, 5.41) is 9.00. The molecule has 138 valence electrons. The van der Waals surface area contributed by atoms with Crippen molar-refractivity contribution in [3.8, 4) is 0 Å². The molecule has 1 saturated heterocycles. The monoisotopic (exact) mass is 396 g/mol. The van der Waals surface area contributed by atoms with Crippen molar-refractivity contribution in [3.05, 3.63) is 56.4 Å². The van der Waals surface area contributed by atoms with Gasteiger partial charge in [0.05, 0.1) is 31.6 Å². The molecule has 0 unspecified atom stereocenters. The van der Waals surface area contributed by atoms with E-state index in [1.807, 2.05) is 4.90 Å². The van der Waals surface area contributed by atoms with Crippen LogP contribution < -0.4 is 10.5 Å². The van der Waals surface area contributed by atoms with Gasteiger partial charge < -0.3 is 14.5 Å². The molecule has 0 radical (unpaired) electrons. The van der Waals surface area contributed by atoms with Crippen molar-refractivity contribution in [2.75, 3.05) is 38.3 Å². The first-order valence-corrected chi connectivity index (χ1v) is 8.80. The van der Waals surface area contributed by atoms with Crippen LogP contribution in [0, 0.1) is 0 Å². The van der Waals surface area contributed by atoms with Gasteiger partial charge in [0.1, 0.15) is 17.8 Å². The van der Waals surface area contributed by atoms with E-state index in [1.165, 1.54) is 11.8 Å². The summed E-state index contributed by atoms with van der Waals surface area (Å²) in [6, 6.07) is 7.09. The second kappa shape index (κ2) is 8.53. The van der Waals surface area contributed by atoms with Crippen LogP contribution in [0.25, 0.3) is 0 Å². The van der Waals surface area contributed by atoms with Crippen molar-refractivity contribution in [2.45, 2.75) is 6.54 Å². The van der Waals surface area contributed by atoms with Gasteiger partial charge in [0.2, 0.25) is 0 Å².